The topological polar surface area (TPSA) is 148 Å². The Morgan fingerprint density at radius 1 is 0.972 bits per heavy atom. The summed E-state index contributed by atoms with van der Waals surface area (Å²) in [5.74, 6) is -1.49. The van der Waals surface area contributed by atoms with Crippen LogP contribution in [0.5, 0.6) is 11.5 Å². The van der Waals surface area contributed by atoms with E-state index >= 15 is 0 Å². The number of non-ortho nitro benzene ring substituents is 1. The van der Waals surface area contributed by atoms with E-state index in [4.69, 9.17) is 4.74 Å². The zero-order valence-corrected chi connectivity index (χ0v) is 17.9. The first-order valence-corrected chi connectivity index (χ1v) is 9.79. The van der Waals surface area contributed by atoms with Gasteiger partial charge in [-0.25, -0.2) is 0 Å². The number of benzene rings is 3. The second-order valence-corrected chi connectivity index (χ2v) is 7.01. The van der Waals surface area contributed by atoms with Gasteiger partial charge in [0.05, 0.1) is 15.4 Å². The summed E-state index contributed by atoms with van der Waals surface area (Å²) in [6.45, 7) is 0. The Hall–Kier alpha value is -5.25. The molecule has 0 heterocycles. The number of carbonyl (C=O) groups is 1. The number of amides is 1. The van der Waals surface area contributed by atoms with Gasteiger partial charge in [-0.05, 0) is 30.3 Å². The van der Waals surface area contributed by atoms with Crippen molar-refractivity contribution in [2.24, 2.45) is 0 Å². The number of para-hydroxylation sites is 1. The maximum absolute atomic E-state index is 13.0. The third-order valence-electron chi connectivity index (χ3n) is 4.60. The summed E-state index contributed by atoms with van der Waals surface area (Å²) < 4.78 is 44.4. The number of anilines is 1. The summed E-state index contributed by atoms with van der Waals surface area (Å²) in [7, 11) is 0. The summed E-state index contributed by atoms with van der Waals surface area (Å²) >= 11 is 0. The second kappa shape index (κ2) is 10.3. The lowest BCUT2D eigenvalue weighted by atomic mass is 10.1. The van der Waals surface area contributed by atoms with Gasteiger partial charge in [-0.1, -0.05) is 24.3 Å². The van der Waals surface area contributed by atoms with E-state index in [0.717, 1.165) is 18.2 Å². The Kier molecular flexibility index (Phi) is 7.29. The van der Waals surface area contributed by atoms with Gasteiger partial charge in [0.1, 0.15) is 17.4 Å². The van der Waals surface area contributed by atoms with Gasteiger partial charge in [-0.2, -0.15) is 18.4 Å². The number of halogens is 3. The normalized spacial score (nSPS) is 11.3. The molecule has 0 radical (unpaired) electrons. The molecule has 0 aromatic heterocycles. The van der Waals surface area contributed by atoms with Crippen molar-refractivity contribution in [3.8, 4) is 17.6 Å². The van der Waals surface area contributed by atoms with Crippen molar-refractivity contribution in [1.29, 1.82) is 5.26 Å². The molecular formula is C23H13F3N4O6. The molecule has 10 nitrogen and oxygen atoms in total. The summed E-state index contributed by atoms with van der Waals surface area (Å²) in [5, 5.41) is 34.1. The molecule has 182 valence electrons. The molecule has 1 amide bonds. The van der Waals surface area contributed by atoms with Gasteiger partial charge < -0.3 is 10.1 Å². The van der Waals surface area contributed by atoms with Gasteiger partial charge in [-0.15, -0.1) is 0 Å². The van der Waals surface area contributed by atoms with Crippen LogP contribution < -0.4 is 10.1 Å². The first kappa shape index (κ1) is 25.4. The van der Waals surface area contributed by atoms with Crippen LogP contribution in [0, 0.1) is 31.6 Å². The van der Waals surface area contributed by atoms with Gasteiger partial charge >= 0.3 is 11.9 Å². The molecule has 0 saturated heterocycles. The fourth-order valence-corrected chi connectivity index (χ4v) is 2.93. The average molecular weight is 498 g/mol. The van der Waals surface area contributed by atoms with Crippen molar-refractivity contribution in [2.75, 3.05) is 5.32 Å². The van der Waals surface area contributed by atoms with E-state index in [-0.39, 0.29) is 22.7 Å². The van der Waals surface area contributed by atoms with E-state index in [9.17, 15) is 43.5 Å². The fourth-order valence-electron chi connectivity index (χ4n) is 2.93. The minimum Gasteiger partial charge on any atom is -0.449 e. The lowest BCUT2D eigenvalue weighted by Gasteiger charge is -2.12. The van der Waals surface area contributed by atoms with Gasteiger partial charge in [-0.3, -0.25) is 25.0 Å². The Balaban J connectivity index is 1.93. The predicted molar refractivity (Wildman–Crippen MR) is 120 cm³/mol. The van der Waals surface area contributed by atoms with Crippen LogP contribution in [0.25, 0.3) is 6.08 Å². The number of ether oxygens (including phenoxy) is 1. The number of nitrogens with one attached hydrogen (secondary N) is 1. The van der Waals surface area contributed by atoms with Crippen molar-refractivity contribution < 1.29 is 32.5 Å². The molecule has 0 aliphatic heterocycles. The van der Waals surface area contributed by atoms with Crippen molar-refractivity contribution >= 4 is 29.0 Å². The van der Waals surface area contributed by atoms with E-state index in [1.165, 1.54) is 42.5 Å². The van der Waals surface area contributed by atoms with Gasteiger partial charge in [0.15, 0.2) is 0 Å². The van der Waals surface area contributed by atoms with E-state index in [2.05, 4.69) is 5.32 Å². The zero-order chi connectivity index (χ0) is 26.5. The van der Waals surface area contributed by atoms with E-state index < -0.39 is 44.5 Å². The molecule has 1 N–H and O–H groups in total. The van der Waals surface area contributed by atoms with Crippen LogP contribution in [0.15, 0.2) is 72.3 Å². The van der Waals surface area contributed by atoms with Crippen LogP contribution in [-0.4, -0.2) is 15.8 Å². The second-order valence-electron chi connectivity index (χ2n) is 7.01. The summed E-state index contributed by atoms with van der Waals surface area (Å²) in [6.07, 6.45) is -3.71. The number of hydrogen-bond donors (Lipinski definition) is 1. The molecule has 0 unspecified atom stereocenters. The van der Waals surface area contributed by atoms with Crippen LogP contribution in [0.1, 0.15) is 11.1 Å². The molecule has 3 rings (SSSR count). The molecule has 0 atom stereocenters. The number of carbonyl (C=O) groups excluding carboxylic acids is 1. The van der Waals surface area contributed by atoms with Crippen molar-refractivity contribution in [3.63, 3.8) is 0 Å². The molecule has 36 heavy (non-hydrogen) atoms. The van der Waals surface area contributed by atoms with Gasteiger partial charge in [0.2, 0.25) is 5.75 Å². The molecule has 13 heteroatoms. The number of nitro groups is 2. The molecule has 0 aliphatic carbocycles. The summed E-state index contributed by atoms with van der Waals surface area (Å²) in [5.41, 5.74) is -2.74. The number of alkyl halides is 3. The fraction of sp³-hybridized carbons (Fsp3) is 0.0435. The number of nitrogens with zero attached hydrogens (tertiary/aromatic N) is 3. The first-order chi connectivity index (χ1) is 17.0. The molecule has 0 spiro atoms. The minimum atomic E-state index is -4.81. The van der Waals surface area contributed by atoms with Gasteiger partial charge in [0.25, 0.3) is 11.6 Å². The van der Waals surface area contributed by atoms with Crippen LogP contribution in [0.2, 0.25) is 0 Å². The van der Waals surface area contributed by atoms with Crippen molar-refractivity contribution in [1.82, 2.24) is 0 Å². The van der Waals surface area contributed by atoms with E-state index in [1.54, 1.807) is 6.07 Å². The van der Waals surface area contributed by atoms with Crippen LogP contribution >= 0.6 is 0 Å². The maximum Gasteiger partial charge on any atom is 0.416 e. The quantitative estimate of drug-likeness (QED) is 0.186. The van der Waals surface area contributed by atoms with Crippen molar-refractivity contribution in [3.05, 3.63) is 104 Å². The van der Waals surface area contributed by atoms with Crippen LogP contribution in [-0.2, 0) is 11.0 Å². The molecule has 0 bridgehead atoms. The van der Waals surface area contributed by atoms with Gasteiger partial charge in [0, 0.05) is 29.4 Å². The number of nitro benzene ring substituents is 2. The maximum atomic E-state index is 13.0. The lowest BCUT2D eigenvalue weighted by Crippen LogP contribution is -2.13. The SMILES string of the molecule is N#C/C(=C\c1ccccc1Oc1ccc(C(F)(F)F)cc1[N+](=O)[O-])C(=O)Nc1cccc([N+](=O)[O-])c1. The molecule has 0 fully saturated rings. The zero-order valence-electron chi connectivity index (χ0n) is 17.9. The number of rotatable bonds is 7. The highest BCUT2D eigenvalue weighted by molar-refractivity contribution is 6.10. The smallest absolute Gasteiger partial charge is 0.416 e. The molecule has 3 aromatic carbocycles. The monoisotopic (exact) mass is 498 g/mol. The van der Waals surface area contributed by atoms with E-state index in [1.807, 2.05) is 0 Å². The third-order valence-corrected chi connectivity index (χ3v) is 4.60. The first-order valence-electron chi connectivity index (χ1n) is 9.79. The Morgan fingerprint density at radius 3 is 2.33 bits per heavy atom. The standard InChI is InChI=1S/C23H13F3N4O6/c24-23(25,26)16-8-9-21(19(11-16)30(34)35)36-20-7-2-1-4-14(20)10-15(13-27)22(31)28-17-5-3-6-18(12-17)29(32)33/h1-12H,(H,28,31)/b15-10+. The molecule has 0 saturated carbocycles. The van der Waals surface area contributed by atoms with Crippen molar-refractivity contribution in [2.45, 2.75) is 6.18 Å². The highest BCUT2D eigenvalue weighted by Crippen LogP contribution is 2.38. The Labute approximate surface area is 200 Å². The Morgan fingerprint density at radius 2 is 1.69 bits per heavy atom. The molecular weight excluding hydrogens is 485 g/mol. The highest BCUT2D eigenvalue weighted by atomic mass is 19.4. The van der Waals surface area contributed by atoms with E-state index in [0.29, 0.717) is 12.1 Å². The number of hydrogen-bond acceptors (Lipinski definition) is 7. The predicted octanol–water partition coefficient (Wildman–Crippen LogP) is 5.86. The lowest BCUT2D eigenvalue weighted by molar-refractivity contribution is -0.385. The Bertz CT molecular complexity index is 1430. The average Bonchev–Trinajstić information content (AvgIpc) is 2.82. The van der Waals surface area contributed by atoms with Crippen LogP contribution in [0.3, 0.4) is 0 Å². The summed E-state index contributed by atoms with van der Waals surface area (Å²) in [4.78, 5) is 33.1. The summed E-state index contributed by atoms with van der Waals surface area (Å²) in [6, 6.07) is 14.2. The largest absolute Gasteiger partial charge is 0.449 e. The third kappa shape index (κ3) is 6.00. The highest BCUT2D eigenvalue weighted by Gasteiger charge is 2.33. The number of nitriles is 1. The minimum absolute atomic E-state index is 0.0558. The molecule has 0 aliphatic rings. The van der Waals surface area contributed by atoms with Crippen LogP contribution in [0.4, 0.5) is 30.2 Å². The molecule has 3 aromatic rings.